The second kappa shape index (κ2) is 14.3. The fraction of sp³-hybridized carbons (Fsp3) is 0.718. The molecule has 1 aromatic carbocycles. The van der Waals surface area contributed by atoms with Crippen molar-refractivity contribution >= 4 is 34.4 Å². The van der Waals surface area contributed by atoms with Crippen molar-refractivity contribution < 1.29 is 42.9 Å². The highest BCUT2D eigenvalue weighted by Gasteiger charge is 2.73. The Hall–Kier alpha value is -2.16. The smallest absolute Gasteiger partial charge is 0.338 e. The third-order valence-corrected chi connectivity index (χ3v) is 18.2. The fourth-order valence-electron chi connectivity index (χ4n) is 9.67. The van der Waals surface area contributed by atoms with E-state index in [0.29, 0.717) is 11.1 Å². The number of carbonyl (C=O) groups excluding carboxylic acids is 3. The predicted molar refractivity (Wildman–Crippen MR) is 199 cm³/mol. The van der Waals surface area contributed by atoms with E-state index in [1.54, 1.807) is 30.3 Å². The topological polar surface area (TPSA) is 129 Å². The zero-order valence-corrected chi connectivity index (χ0v) is 34.5. The fourth-order valence-corrected chi connectivity index (χ4v) is 13.7. The number of fused-ring (bicyclic) bond motifs is 3. The number of ketones is 1. The third kappa shape index (κ3) is 6.87. The van der Waals surface area contributed by atoms with Crippen LogP contribution in [-0.2, 0) is 27.9 Å². The monoisotopic (exact) mass is 730 g/mol. The van der Waals surface area contributed by atoms with Gasteiger partial charge in [0, 0.05) is 48.5 Å². The first-order chi connectivity index (χ1) is 23.1. The summed E-state index contributed by atoms with van der Waals surface area (Å²) in [5, 5.41) is 25.9. The highest BCUT2D eigenvalue weighted by atomic mass is 28.4. The molecule has 3 aliphatic rings. The summed E-state index contributed by atoms with van der Waals surface area (Å²) in [6.07, 6.45) is -3.56. The second-order valence-corrected chi connectivity index (χ2v) is 26.0. The molecule has 8 atom stereocenters. The molecule has 9 nitrogen and oxygen atoms in total. The lowest BCUT2D eigenvalue weighted by atomic mass is 9.45. The Morgan fingerprint density at radius 2 is 1.54 bits per heavy atom. The van der Waals surface area contributed by atoms with E-state index in [-0.39, 0.29) is 31.5 Å². The SMILES string of the molecule is CC[C@@]1(OC(C)=O)C2[C@H](OC(=O)c3ccccc3)[C@]3(O)C[C@H](O[Si](C)(C)C)C(C)=C(C(=O)C[C@]2(C)[C@@H](O[Si](CC)(CC)CC)C[C@H]1O)C3(C)C. The minimum atomic E-state index is -2.36. The maximum atomic E-state index is 15.1. The van der Waals surface area contributed by atoms with E-state index in [1.165, 1.54) is 6.92 Å². The van der Waals surface area contributed by atoms with E-state index in [1.807, 2.05) is 34.6 Å². The van der Waals surface area contributed by atoms with Gasteiger partial charge in [-0.1, -0.05) is 66.7 Å². The molecule has 0 spiro atoms. The summed E-state index contributed by atoms with van der Waals surface area (Å²) in [6.45, 7) is 23.2. The maximum absolute atomic E-state index is 15.1. The first-order valence-corrected chi connectivity index (χ1v) is 24.5. The quantitative estimate of drug-likeness (QED) is 0.177. The normalized spacial score (nSPS) is 34.4. The van der Waals surface area contributed by atoms with Crippen molar-refractivity contribution in [1.82, 2.24) is 0 Å². The second-order valence-electron chi connectivity index (χ2n) is 16.8. The summed E-state index contributed by atoms with van der Waals surface area (Å²) < 4.78 is 26.9. The summed E-state index contributed by atoms with van der Waals surface area (Å²) in [5.41, 5.74) is -4.33. The van der Waals surface area contributed by atoms with Gasteiger partial charge in [0.25, 0.3) is 0 Å². The molecule has 1 aromatic rings. The molecule has 2 fully saturated rings. The van der Waals surface area contributed by atoms with Crippen LogP contribution in [0.15, 0.2) is 41.5 Å². The standard InChI is InChI=1S/C39H62O9Si2/c1-13-38(46-26(6)40)30(42)22-31(48-50(14-2,15-3)16-4)37(9)23-28(41)32-25(5)29(47-49(10,11)12)24-39(44,36(32,7)8)34(33(37)38)45-35(43)27-20-18-17-19-21-27/h17-21,29-31,33-34,42,44H,13-16,22-24H2,1-12H3/t29-,30+,31-,33?,34-,37+,38-,39+/m0/s1. The van der Waals surface area contributed by atoms with Crippen LogP contribution in [0, 0.1) is 16.7 Å². The molecular weight excluding hydrogens is 669 g/mol. The van der Waals surface area contributed by atoms with E-state index >= 15 is 4.79 Å². The van der Waals surface area contributed by atoms with Crippen molar-refractivity contribution in [1.29, 1.82) is 0 Å². The number of Topliss-reactive ketones (excluding diaryl/α,β-unsaturated/α-hetero) is 1. The van der Waals surface area contributed by atoms with Gasteiger partial charge in [0.05, 0.1) is 23.9 Å². The van der Waals surface area contributed by atoms with E-state index < -0.39 is 80.9 Å². The van der Waals surface area contributed by atoms with Crippen molar-refractivity contribution in [3.05, 3.63) is 47.0 Å². The van der Waals surface area contributed by atoms with Gasteiger partial charge >= 0.3 is 11.9 Å². The van der Waals surface area contributed by atoms with Gasteiger partial charge in [-0.15, -0.1) is 0 Å². The summed E-state index contributed by atoms with van der Waals surface area (Å²) in [7, 11) is -4.59. The average molecular weight is 731 g/mol. The first-order valence-electron chi connectivity index (χ1n) is 18.6. The van der Waals surface area contributed by atoms with E-state index in [4.69, 9.17) is 18.3 Å². The highest BCUT2D eigenvalue weighted by Crippen LogP contribution is 2.64. The lowest BCUT2D eigenvalue weighted by Gasteiger charge is -2.65. The third-order valence-electron chi connectivity index (χ3n) is 12.6. The van der Waals surface area contributed by atoms with Crippen molar-refractivity contribution in [2.24, 2.45) is 16.7 Å². The summed E-state index contributed by atoms with van der Waals surface area (Å²) in [6, 6.07) is 11.1. The van der Waals surface area contributed by atoms with Gasteiger partial charge in [-0.25, -0.2) is 4.79 Å². The van der Waals surface area contributed by atoms with Gasteiger partial charge in [0.2, 0.25) is 0 Å². The summed E-state index contributed by atoms with van der Waals surface area (Å²) >= 11 is 0. The van der Waals surface area contributed by atoms with E-state index in [2.05, 4.69) is 40.4 Å². The van der Waals surface area contributed by atoms with Crippen molar-refractivity contribution in [2.75, 3.05) is 0 Å². The first kappa shape index (κ1) is 40.6. The lowest BCUT2D eigenvalue weighted by Crippen LogP contribution is -2.76. The number of aliphatic hydroxyl groups excluding tert-OH is 1. The van der Waals surface area contributed by atoms with Crippen LogP contribution in [-0.4, -0.2) is 80.2 Å². The number of aliphatic hydroxyl groups is 2. The Bertz CT molecular complexity index is 1460. The Labute approximate surface area is 301 Å². The Morgan fingerprint density at radius 3 is 2.04 bits per heavy atom. The largest absolute Gasteiger partial charge is 0.456 e. The van der Waals surface area contributed by atoms with Crippen LogP contribution >= 0.6 is 0 Å². The molecule has 0 radical (unpaired) electrons. The molecule has 3 aliphatic carbocycles. The minimum Gasteiger partial charge on any atom is -0.456 e. The van der Waals surface area contributed by atoms with Crippen molar-refractivity contribution in [3.63, 3.8) is 0 Å². The Kier molecular flexibility index (Phi) is 11.7. The molecule has 0 amide bonds. The lowest BCUT2D eigenvalue weighted by molar-refractivity contribution is -0.284. The van der Waals surface area contributed by atoms with Gasteiger partial charge in [-0.05, 0) is 68.8 Å². The summed E-state index contributed by atoms with van der Waals surface area (Å²) in [5.74, 6) is -2.46. The number of rotatable bonds is 11. The maximum Gasteiger partial charge on any atom is 0.338 e. The highest BCUT2D eigenvalue weighted by molar-refractivity contribution is 6.73. The number of esters is 2. The van der Waals surface area contributed by atoms with Gasteiger partial charge < -0.3 is 28.5 Å². The number of ether oxygens (including phenoxy) is 2. The minimum absolute atomic E-state index is 0.0229. The van der Waals surface area contributed by atoms with Crippen LogP contribution in [0.1, 0.15) is 98.4 Å². The molecule has 0 heterocycles. The molecule has 1 unspecified atom stereocenters. The van der Waals surface area contributed by atoms with Gasteiger partial charge in [-0.3, -0.25) is 9.59 Å². The summed E-state index contributed by atoms with van der Waals surface area (Å²) in [4.78, 5) is 42.4. The average Bonchev–Trinajstić information content (AvgIpc) is 3.03. The molecule has 4 rings (SSSR count). The van der Waals surface area contributed by atoms with Crippen molar-refractivity contribution in [3.8, 4) is 0 Å². The molecule has 280 valence electrons. The number of carbonyl (C=O) groups is 3. The van der Waals surface area contributed by atoms with Crippen LogP contribution in [0.25, 0.3) is 0 Å². The van der Waals surface area contributed by atoms with Crippen LogP contribution in [0.4, 0.5) is 0 Å². The van der Waals surface area contributed by atoms with Crippen LogP contribution in [0.2, 0.25) is 37.8 Å². The molecule has 0 aliphatic heterocycles. The number of benzene rings is 1. The Morgan fingerprint density at radius 1 is 0.960 bits per heavy atom. The molecule has 0 saturated heterocycles. The zero-order chi connectivity index (χ0) is 37.7. The van der Waals surface area contributed by atoms with Crippen LogP contribution in [0.3, 0.4) is 0 Å². The predicted octanol–water partition coefficient (Wildman–Crippen LogP) is 7.37. The van der Waals surface area contributed by atoms with E-state index in [0.717, 1.165) is 23.7 Å². The van der Waals surface area contributed by atoms with Crippen molar-refractivity contribution in [2.45, 2.75) is 161 Å². The van der Waals surface area contributed by atoms with Gasteiger partial charge in [-0.2, -0.15) is 0 Å². The van der Waals surface area contributed by atoms with Crippen LogP contribution in [0.5, 0.6) is 0 Å². The molecule has 2 saturated carbocycles. The number of hydrogen-bond acceptors (Lipinski definition) is 9. The molecule has 2 bridgehead atoms. The molecule has 0 aromatic heterocycles. The Balaban J connectivity index is 2.14. The molecule has 2 N–H and O–H groups in total. The molecule has 11 heteroatoms. The van der Waals surface area contributed by atoms with E-state index in [9.17, 15) is 19.8 Å². The van der Waals surface area contributed by atoms with Gasteiger partial charge in [0.1, 0.15) is 17.3 Å². The number of hydrogen-bond donors (Lipinski definition) is 2. The van der Waals surface area contributed by atoms with Gasteiger partial charge in [0.15, 0.2) is 22.4 Å². The van der Waals surface area contributed by atoms with Crippen LogP contribution < -0.4 is 0 Å². The molecule has 50 heavy (non-hydrogen) atoms. The zero-order valence-electron chi connectivity index (χ0n) is 32.5. The molecular formula is C39H62O9Si2.